The van der Waals surface area contributed by atoms with Crippen LogP contribution in [-0.2, 0) is 14.2 Å². The lowest BCUT2D eigenvalue weighted by molar-refractivity contribution is 0.263. The number of benzene rings is 3. The van der Waals surface area contributed by atoms with Gasteiger partial charge in [-0.25, -0.2) is 0 Å². The van der Waals surface area contributed by atoms with Gasteiger partial charge in [0.25, 0.3) is 0 Å². The van der Waals surface area contributed by atoms with Gasteiger partial charge in [-0.15, -0.1) is 0 Å². The second-order valence-electron chi connectivity index (χ2n) is 8.94. The first-order valence-electron chi connectivity index (χ1n) is 12.1. The van der Waals surface area contributed by atoms with Crippen molar-refractivity contribution in [2.45, 2.75) is 24.7 Å². The number of epoxide rings is 3. The van der Waals surface area contributed by atoms with Crippen LogP contribution in [0.15, 0.2) is 72.8 Å². The van der Waals surface area contributed by atoms with Gasteiger partial charge in [0.2, 0.25) is 0 Å². The molecule has 0 saturated carbocycles. The average Bonchev–Trinajstić information content (AvgIpc) is 3.75. The Morgan fingerprint density at radius 1 is 0.543 bits per heavy atom. The van der Waals surface area contributed by atoms with Gasteiger partial charge in [-0.3, -0.25) is 0 Å². The molecule has 6 rings (SSSR count). The van der Waals surface area contributed by atoms with Gasteiger partial charge < -0.3 is 33.3 Å². The molecule has 7 heteroatoms. The van der Waals surface area contributed by atoms with Crippen LogP contribution in [0.3, 0.4) is 0 Å². The SMILES string of the molecule is c1cc(N(c2ccc(OCC3CO3)cc2)c2ccc(OCC3CO3)cc2)ccc1OCCC1CO1. The predicted molar refractivity (Wildman–Crippen MR) is 131 cm³/mol. The highest BCUT2D eigenvalue weighted by molar-refractivity contribution is 5.77. The van der Waals surface area contributed by atoms with Crippen molar-refractivity contribution in [3.63, 3.8) is 0 Å². The van der Waals surface area contributed by atoms with Crippen molar-refractivity contribution in [1.82, 2.24) is 0 Å². The summed E-state index contributed by atoms with van der Waals surface area (Å²) < 4.78 is 33.2. The van der Waals surface area contributed by atoms with Gasteiger partial charge in [-0.05, 0) is 72.8 Å². The molecule has 3 aromatic rings. The normalized spacial score (nSPS) is 21.8. The Hall–Kier alpha value is -3.26. The molecule has 0 spiro atoms. The molecule has 182 valence electrons. The molecule has 3 heterocycles. The van der Waals surface area contributed by atoms with Crippen molar-refractivity contribution >= 4 is 17.1 Å². The molecule has 0 N–H and O–H groups in total. The second-order valence-corrected chi connectivity index (χ2v) is 8.94. The van der Waals surface area contributed by atoms with Crippen molar-refractivity contribution in [3.05, 3.63) is 72.8 Å². The summed E-state index contributed by atoms with van der Waals surface area (Å²) in [6.45, 7) is 4.26. The first-order valence-corrected chi connectivity index (χ1v) is 12.1. The second kappa shape index (κ2) is 10.2. The molecule has 7 nitrogen and oxygen atoms in total. The number of hydrogen-bond donors (Lipinski definition) is 0. The van der Waals surface area contributed by atoms with Crippen LogP contribution in [-0.4, -0.2) is 58.0 Å². The molecule has 3 aliphatic rings. The lowest BCUT2D eigenvalue weighted by Crippen LogP contribution is -2.10. The van der Waals surface area contributed by atoms with Crippen LogP contribution in [0, 0.1) is 0 Å². The molecule has 3 atom stereocenters. The minimum Gasteiger partial charge on any atom is -0.493 e. The van der Waals surface area contributed by atoms with Crippen LogP contribution in [0.2, 0.25) is 0 Å². The Balaban J connectivity index is 1.20. The van der Waals surface area contributed by atoms with E-state index in [9.17, 15) is 0 Å². The Morgan fingerprint density at radius 3 is 1.29 bits per heavy atom. The minimum absolute atomic E-state index is 0.232. The molecule has 0 aromatic heterocycles. The lowest BCUT2D eigenvalue weighted by Gasteiger charge is -2.26. The van der Waals surface area contributed by atoms with E-state index < -0.39 is 0 Å². The molecule has 3 unspecified atom stereocenters. The van der Waals surface area contributed by atoms with Crippen molar-refractivity contribution in [2.75, 3.05) is 44.5 Å². The maximum atomic E-state index is 5.88. The summed E-state index contributed by atoms with van der Waals surface area (Å²) in [5.74, 6) is 2.52. The van der Waals surface area contributed by atoms with Crippen LogP contribution in [0.4, 0.5) is 17.1 Å². The summed E-state index contributed by atoms with van der Waals surface area (Å²) >= 11 is 0. The van der Waals surface area contributed by atoms with E-state index in [0.717, 1.165) is 60.6 Å². The molecule has 35 heavy (non-hydrogen) atoms. The van der Waals surface area contributed by atoms with Gasteiger partial charge in [0.15, 0.2) is 0 Å². The zero-order chi connectivity index (χ0) is 23.5. The number of ether oxygens (including phenoxy) is 6. The van der Waals surface area contributed by atoms with Crippen molar-refractivity contribution in [3.8, 4) is 17.2 Å². The molecule has 3 fully saturated rings. The molecule has 0 bridgehead atoms. The van der Waals surface area contributed by atoms with Gasteiger partial charge in [-0.1, -0.05) is 0 Å². The van der Waals surface area contributed by atoms with Crippen molar-refractivity contribution in [2.24, 2.45) is 0 Å². The first-order chi connectivity index (χ1) is 17.3. The van der Waals surface area contributed by atoms with E-state index in [2.05, 4.69) is 41.3 Å². The highest BCUT2D eigenvalue weighted by Crippen LogP contribution is 2.37. The third-order valence-electron chi connectivity index (χ3n) is 6.07. The van der Waals surface area contributed by atoms with Gasteiger partial charge in [0.1, 0.15) is 42.7 Å². The van der Waals surface area contributed by atoms with Gasteiger partial charge in [-0.2, -0.15) is 0 Å². The van der Waals surface area contributed by atoms with E-state index in [1.807, 2.05) is 36.4 Å². The van der Waals surface area contributed by atoms with E-state index in [1.54, 1.807) is 0 Å². The molecular weight excluding hydrogens is 446 g/mol. The molecule has 3 aliphatic heterocycles. The maximum Gasteiger partial charge on any atom is 0.119 e. The van der Waals surface area contributed by atoms with Gasteiger partial charge >= 0.3 is 0 Å². The number of hydrogen-bond acceptors (Lipinski definition) is 7. The predicted octanol–water partition coefficient (Wildman–Crippen LogP) is 4.88. The highest BCUT2D eigenvalue weighted by Gasteiger charge is 2.24. The first kappa shape index (κ1) is 22.2. The van der Waals surface area contributed by atoms with E-state index >= 15 is 0 Å². The van der Waals surface area contributed by atoms with Crippen molar-refractivity contribution in [1.29, 1.82) is 0 Å². The Morgan fingerprint density at radius 2 is 0.914 bits per heavy atom. The van der Waals surface area contributed by atoms with Gasteiger partial charge in [0, 0.05) is 23.5 Å². The number of rotatable bonds is 13. The standard InChI is InChI=1S/C28H29NO6/c1-7-23(30-14-13-26-15-33-26)8-2-20(1)29(21-3-9-24(10-4-21)31-16-27-18-34-27)22-5-11-25(12-6-22)32-17-28-19-35-28/h1-12,26-28H,13-19H2. The zero-order valence-corrected chi connectivity index (χ0v) is 19.5. The quantitative estimate of drug-likeness (QED) is 0.327. The molecule has 0 radical (unpaired) electrons. The number of nitrogens with zero attached hydrogens (tertiary/aromatic N) is 1. The highest BCUT2D eigenvalue weighted by atomic mass is 16.6. The van der Waals surface area contributed by atoms with Crippen molar-refractivity contribution < 1.29 is 28.4 Å². The van der Waals surface area contributed by atoms with Crippen LogP contribution < -0.4 is 19.1 Å². The van der Waals surface area contributed by atoms with E-state index in [4.69, 9.17) is 28.4 Å². The molecule has 3 aromatic carbocycles. The summed E-state index contributed by atoms with van der Waals surface area (Å²) in [5, 5.41) is 0. The Bertz CT molecular complexity index is 1030. The summed E-state index contributed by atoms with van der Waals surface area (Å²) in [4.78, 5) is 2.20. The van der Waals surface area contributed by atoms with E-state index in [1.165, 1.54) is 0 Å². The van der Waals surface area contributed by atoms with Crippen LogP contribution >= 0.6 is 0 Å². The summed E-state index contributed by atoms with van der Waals surface area (Å²) in [6.07, 6.45) is 1.76. The summed E-state index contributed by atoms with van der Waals surface area (Å²) in [5.41, 5.74) is 3.09. The monoisotopic (exact) mass is 475 g/mol. The van der Waals surface area contributed by atoms with Crippen LogP contribution in [0.1, 0.15) is 6.42 Å². The van der Waals surface area contributed by atoms with E-state index in [0.29, 0.717) is 25.9 Å². The summed E-state index contributed by atoms with van der Waals surface area (Å²) in [6, 6.07) is 24.4. The fourth-order valence-electron chi connectivity index (χ4n) is 3.77. The fraction of sp³-hybridized carbons (Fsp3) is 0.357. The smallest absolute Gasteiger partial charge is 0.119 e. The van der Waals surface area contributed by atoms with Gasteiger partial charge in [0.05, 0.1) is 32.5 Å². The summed E-state index contributed by atoms with van der Waals surface area (Å²) in [7, 11) is 0. The van der Waals surface area contributed by atoms with Crippen LogP contribution in [0.25, 0.3) is 0 Å². The third-order valence-corrected chi connectivity index (χ3v) is 6.07. The molecule has 0 amide bonds. The fourth-order valence-corrected chi connectivity index (χ4v) is 3.77. The Kier molecular flexibility index (Phi) is 6.45. The third kappa shape index (κ3) is 6.25. The average molecular weight is 476 g/mol. The topological polar surface area (TPSA) is 68.5 Å². The zero-order valence-electron chi connectivity index (χ0n) is 19.5. The lowest BCUT2D eigenvalue weighted by atomic mass is 10.2. The molecular formula is C28H29NO6. The van der Waals surface area contributed by atoms with Crippen LogP contribution in [0.5, 0.6) is 17.2 Å². The van der Waals surface area contributed by atoms with E-state index in [-0.39, 0.29) is 12.2 Å². The minimum atomic E-state index is 0.232. The maximum absolute atomic E-state index is 5.88. The number of anilines is 3. The largest absolute Gasteiger partial charge is 0.493 e. The molecule has 3 saturated heterocycles. The molecule has 0 aliphatic carbocycles. The Labute approximate surface area is 205 Å².